The average molecular weight is 670 g/mol. The van der Waals surface area contributed by atoms with Gasteiger partial charge < -0.3 is 41.1 Å². The summed E-state index contributed by atoms with van der Waals surface area (Å²) in [4.78, 5) is 60.0. The summed E-state index contributed by atoms with van der Waals surface area (Å²) in [5, 5.41) is 52.0. The molecule has 0 spiro atoms. The van der Waals surface area contributed by atoms with Gasteiger partial charge in [-0.3, -0.25) is 19.3 Å². The molecule has 1 fully saturated rings. The van der Waals surface area contributed by atoms with Gasteiger partial charge in [0.15, 0.2) is 22.2 Å². The van der Waals surface area contributed by atoms with Crippen molar-refractivity contribution in [2.45, 2.75) is 51.8 Å². The number of aromatic nitrogens is 1. The minimum Gasteiger partial charge on any atom is -0.508 e. The van der Waals surface area contributed by atoms with Crippen LogP contribution in [-0.4, -0.2) is 100 Å². The Bertz CT molecular complexity index is 1800. The Balaban J connectivity index is 1.67. The quantitative estimate of drug-likeness (QED) is 0.176. The number of nitrogens with two attached hydrogens (primary N) is 1. The van der Waals surface area contributed by atoms with E-state index in [1.807, 2.05) is 0 Å². The number of nitrogens with one attached hydrogen (secondary N) is 1. The maximum absolute atomic E-state index is 14.5. The predicted molar refractivity (Wildman–Crippen MR) is 173 cm³/mol. The number of aliphatic hydroxyl groups excluding tert-OH is 2. The van der Waals surface area contributed by atoms with Gasteiger partial charge in [-0.2, -0.15) is 0 Å². The third-order valence-electron chi connectivity index (χ3n) is 9.59. The van der Waals surface area contributed by atoms with E-state index in [9.17, 15) is 39.6 Å². The Morgan fingerprint density at radius 3 is 2.40 bits per heavy atom. The van der Waals surface area contributed by atoms with Crippen molar-refractivity contribution < 1.29 is 44.3 Å². The Labute approximate surface area is 275 Å². The van der Waals surface area contributed by atoms with Gasteiger partial charge in [0.25, 0.3) is 5.91 Å². The van der Waals surface area contributed by atoms with Gasteiger partial charge in [0.1, 0.15) is 22.8 Å². The number of phenolic OH excluding ortho intramolecular Hbond substituents is 1. The van der Waals surface area contributed by atoms with Crippen LogP contribution in [0.2, 0.25) is 0 Å². The van der Waals surface area contributed by atoms with E-state index in [1.54, 1.807) is 53.0 Å². The number of phenols is 1. The Morgan fingerprint density at radius 2 is 1.83 bits per heavy atom. The van der Waals surface area contributed by atoms with E-state index in [4.69, 9.17) is 10.5 Å². The second-order valence-corrected chi connectivity index (χ2v) is 14.0. The number of amides is 1. The molecule has 0 bridgehead atoms. The van der Waals surface area contributed by atoms with Crippen LogP contribution >= 0.6 is 11.3 Å². The average Bonchev–Trinajstić information content (AvgIpc) is 3.43. The SMILES string of the molecule is CCOC(=O)c1csc(NCc2cc(N(C)C)c3c(c2O)C(O)=C2C(=O)[C@]4(O)C(O)=C(C(N)=O)C(=O)C(N(C)C)[C@]4(C)C[C@]2(C)C3)n1. The summed E-state index contributed by atoms with van der Waals surface area (Å²) in [7, 11) is 6.69. The summed E-state index contributed by atoms with van der Waals surface area (Å²) in [5.41, 5.74) is 0.271. The molecular weight excluding hydrogens is 630 g/mol. The van der Waals surface area contributed by atoms with Gasteiger partial charge in [-0.15, -0.1) is 11.3 Å². The number of thiazole rings is 1. The zero-order valence-electron chi connectivity index (χ0n) is 27.2. The largest absolute Gasteiger partial charge is 0.508 e. The van der Waals surface area contributed by atoms with E-state index in [-0.39, 0.29) is 48.6 Å². The number of benzene rings is 1. The van der Waals surface area contributed by atoms with Crippen LogP contribution in [0.25, 0.3) is 5.76 Å². The molecule has 1 heterocycles. The molecule has 1 amide bonds. The van der Waals surface area contributed by atoms with Crippen LogP contribution in [0.4, 0.5) is 10.8 Å². The number of Topliss-reactive ketones (excluding diaryl/α,β-unsaturated/α-hetero) is 2. The molecule has 1 aromatic carbocycles. The summed E-state index contributed by atoms with van der Waals surface area (Å²) in [6.45, 7) is 5.13. The van der Waals surface area contributed by atoms with Crippen LogP contribution in [0, 0.1) is 10.8 Å². The summed E-state index contributed by atoms with van der Waals surface area (Å²) in [5.74, 6) is -5.88. The van der Waals surface area contributed by atoms with Crippen molar-refractivity contribution in [3.05, 3.63) is 50.7 Å². The van der Waals surface area contributed by atoms with E-state index in [2.05, 4.69) is 10.3 Å². The number of aliphatic hydroxyl groups is 3. The first-order chi connectivity index (χ1) is 21.8. The minimum atomic E-state index is -2.80. The van der Waals surface area contributed by atoms with Crippen LogP contribution < -0.4 is 16.0 Å². The molecule has 14 nitrogen and oxygen atoms in total. The summed E-state index contributed by atoms with van der Waals surface area (Å²) < 4.78 is 4.99. The van der Waals surface area contributed by atoms with Gasteiger partial charge in [0, 0.05) is 53.7 Å². The number of primary amides is 1. The molecule has 5 rings (SSSR count). The predicted octanol–water partition coefficient (Wildman–Crippen LogP) is 2.06. The summed E-state index contributed by atoms with van der Waals surface area (Å²) in [6.07, 6.45) is 0.0420. The molecule has 252 valence electrons. The lowest BCUT2D eigenvalue weighted by atomic mass is 9.46. The summed E-state index contributed by atoms with van der Waals surface area (Å²) >= 11 is 1.16. The molecule has 1 saturated carbocycles. The third kappa shape index (κ3) is 4.78. The summed E-state index contributed by atoms with van der Waals surface area (Å²) in [6, 6.07) is 0.508. The topological polar surface area (TPSA) is 216 Å². The van der Waals surface area contributed by atoms with Crippen molar-refractivity contribution in [3.63, 3.8) is 0 Å². The molecule has 2 aromatic rings. The molecular formula is C32H39N5O9S. The lowest BCUT2D eigenvalue weighted by molar-refractivity contribution is -0.176. The number of likely N-dealkylation sites (N-methyl/N-ethyl adjacent to an activating group) is 1. The number of ether oxygens (including phenoxy) is 1. The Kier molecular flexibility index (Phi) is 8.18. The molecule has 0 saturated heterocycles. The van der Waals surface area contributed by atoms with E-state index in [0.717, 1.165) is 11.3 Å². The Morgan fingerprint density at radius 1 is 1.17 bits per heavy atom. The first kappa shape index (κ1) is 33.9. The van der Waals surface area contributed by atoms with Crippen molar-refractivity contribution in [2.75, 3.05) is 45.0 Å². The zero-order chi connectivity index (χ0) is 35.0. The maximum Gasteiger partial charge on any atom is 0.357 e. The molecule has 0 aliphatic heterocycles. The number of carbonyl (C=O) groups is 4. The van der Waals surface area contributed by atoms with Crippen LogP contribution in [-0.2, 0) is 32.1 Å². The van der Waals surface area contributed by atoms with Gasteiger partial charge in [0.2, 0.25) is 5.78 Å². The van der Waals surface area contributed by atoms with Crippen molar-refractivity contribution in [1.82, 2.24) is 9.88 Å². The van der Waals surface area contributed by atoms with Gasteiger partial charge in [-0.25, -0.2) is 9.78 Å². The van der Waals surface area contributed by atoms with Crippen LogP contribution in [0.1, 0.15) is 54.4 Å². The van der Waals surface area contributed by atoms with Crippen LogP contribution in [0.5, 0.6) is 5.75 Å². The number of nitrogens with zero attached hydrogens (tertiary/aromatic N) is 3. The maximum atomic E-state index is 14.5. The Hall–Kier alpha value is -4.47. The van der Waals surface area contributed by atoms with Gasteiger partial charge >= 0.3 is 5.97 Å². The third-order valence-corrected chi connectivity index (χ3v) is 10.4. The highest BCUT2D eigenvalue weighted by Crippen LogP contribution is 2.63. The van der Waals surface area contributed by atoms with E-state index in [0.29, 0.717) is 21.9 Å². The fourth-order valence-electron chi connectivity index (χ4n) is 7.78. The van der Waals surface area contributed by atoms with E-state index < -0.39 is 63.0 Å². The van der Waals surface area contributed by atoms with Crippen LogP contribution in [0.3, 0.4) is 0 Å². The zero-order valence-corrected chi connectivity index (χ0v) is 28.0. The molecule has 1 unspecified atom stereocenters. The molecule has 4 atom stereocenters. The standard InChI is InChI=1S/C32H39N5O9S/c1-8-46-28(44)16-12-47-29(35-16)34-11-14-9-17(36(4)5)15-10-30(2)13-31(3)24(37(6)7)23(40)19(27(33)43)25(41)32(31,45)26(42)20(30)22(39)18(15)21(14)38/h9,12,24,38-39,41,45H,8,10-11,13H2,1-7H3,(H2,33,43)(H,34,35)/t24?,30-,31-,32+/m0/s1. The number of carbonyl (C=O) groups excluding carboxylic acids is 4. The fraction of sp³-hybridized carbons (Fsp3) is 0.469. The molecule has 15 heteroatoms. The van der Waals surface area contributed by atoms with Crippen LogP contribution in [0.15, 0.2) is 28.4 Å². The first-order valence-electron chi connectivity index (χ1n) is 14.9. The van der Waals surface area contributed by atoms with Crippen molar-refractivity contribution in [1.29, 1.82) is 0 Å². The van der Waals surface area contributed by atoms with Gasteiger partial charge in [-0.05, 0) is 45.5 Å². The first-order valence-corrected chi connectivity index (χ1v) is 15.8. The minimum absolute atomic E-state index is 0.0176. The molecule has 7 N–H and O–H groups in total. The lowest BCUT2D eigenvalue weighted by Crippen LogP contribution is -2.72. The lowest BCUT2D eigenvalue weighted by Gasteiger charge is -2.59. The number of hydrogen-bond donors (Lipinski definition) is 6. The molecule has 3 aliphatic carbocycles. The highest BCUT2D eigenvalue weighted by atomic mass is 32.1. The van der Waals surface area contributed by atoms with Crippen molar-refractivity contribution >= 4 is 51.4 Å². The van der Waals surface area contributed by atoms with Crippen molar-refractivity contribution in [3.8, 4) is 5.75 Å². The molecule has 3 aliphatic rings. The molecule has 47 heavy (non-hydrogen) atoms. The smallest absolute Gasteiger partial charge is 0.357 e. The second kappa shape index (κ2) is 11.3. The second-order valence-electron chi connectivity index (χ2n) is 13.2. The number of ketones is 2. The molecule has 1 aromatic heterocycles. The fourth-order valence-corrected chi connectivity index (χ4v) is 8.46. The molecule has 0 radical (unpaired) electrons. The van der Waals surface area contributed by atoms with E-state index >= 15 is 0 Å². The van der Waals surface area contributed by atoms with Gasteiger partial charge in [-0.1, -0.05) is 13.8 Å². The number of esters is 1. The normalized spacial score (nSPS) is 27.0. The van der Waals surface area contributed by atoms with E-state index in [1.165, 1.54) is 17.2 Å². The monoisotopic (exact) mass is 669 g/mol. The highest BCUT2D eigenvalue weighted by molar-refractivity contribution is 7.13. The number of anilines is 2. The number of rotatable bonds is 8. The van der Waals surface area contributed by atoms with Crippen molar-refractivity contribution in [2.24, 2.45) is 16.6 Å². The highest BCUT2D eigenvalue weighted by Gasteiger charge is 2.72. The number of hydrogen-bond acceptors (Lipinski definition) is 14. The number of aromatic hydroxyl groups is 1. The number of fused-ring (bicyclic) bond motifs is 3. The van der Waals surface area contributed by atoms with Gasteiger partial charge in [0.05, 0.1) is 18.2 Å².